The third-order valence-corrected chi connectivity index (χ3v) is 4.60. The van der Waals surface area contributed by atoms with E-state index in [4.69, 9.17) is 5.11 Å². The molecule has 0 aromatic heterocycles. The van der Waals surface area contributed by atoms with E-state index < -0.39 is 34.7 Å². The number of carboxylic acid groups (broad SMARTS) is 1. The van der Waals surface area contributed by atoms with E-state index in [1.54, 1.807) is 6.92 Å². The maximum absolute atomic E-state index is 12.2. The molecule has 0 spiro atoms. The van der Waals surface area contributed by atoms with Gasteiger partial charge in [0.05, 0.1) is 29.2 Å². The van der Waals surface area contributed by atoms with Crippen molar-refractivity contribution in [2.45, 2.75) is 23.8 Å². The largest absolute Gasteiger partial charge is 0.478 e. The van der Waals surface area contributed by atoms with Gasteiger partial charge < -0.3 is 15.3 Å². The molecule has 20 heavy (non-hydrogen) atoms. The Morgan fingerprint density at radius 3 is 2.35 bits per heavy atom. The van der Waals surface area contributed by atoms with Crippen LogP contribution < -0.4 is 4.72 Å². The second kappa shape index (κ2) is 6.31. The minimum Gasteiger partial charge on any atom is -0.478 e. The topological polar surface area (TPSA) is 124 Å². The molecule has 0 aliphatic carbocycles. The van der Waals surface area contributed by atoms with Crippen LogP contribution in [0.5, 0.6) is 0 Å². The second-order valence-electron chi connectivity index (χ2n) is 4.39. The second-order valence-corrected chi connectivity index (χ2v) is 6.07. The van der Waals surface area contributed by atoms with Gasteiger partial charge in [-0.1, -0.05) is 13.0 Å². The first-order valence-corrected chi connectivity index (χ1v) is 7.37. The molecule has 7 nitrogen and oxygen atoms in total. The molecule has 8 heteroatoms. The Hall–Kier alpha value is -1.48. The van der Waals surface area contributed by atoms with Gasteiger partial charge in [0.2, 0.25) is 10.0 Å². The molecule has 0 atom stereocenters. The van der Waals surface area contributed by atoms with E-state index in [-0.39, 0.29) is 16.9 Å². The molecular formula is C12H17NO6S. The van der Waals surface area contributed by atoms with Crippen LogP contribution in [-0.2, 0) is 10.0 Å². The smallest absolute Gasteiger partial charge is 0.335 e. The van der Waals surface area contributed by atoms with Crippen LogP contribution in [0, 0.1) is 0 Å². The van der Waals surface area contributed by atoms with E-state index in [0.29, 0.717) is 0 Å². The molecule has 0 heterocycles. The first-order chi connectivity index (χ1) is 9.30. The number of benzene rings is 1. The summed E-state index contributed by atoms with van der Waals surface area (Å²) in [5.41, 5.74) is -1.54. The maximum Gasteiger partial charge on any atom is 0.335 e. The van der Waals surface area contributed by atoms with Crippen LogP contribution in [0.2, 0.25) is 0 Å². The lowest BCUT2D eigenvalue weighted by Crippen LogP contribution is -2.53. The quantitative estimate of drug-likeness (QED) is 0.553. The number of aromatic carboxylic acids is 1. The summed E-state index contributed by atoms with van der Waals surface area (Å²) in [5, 5.41) is 27.3. The Morgan fingerprint density at radius 1 is 1.30 bits per heavy atom. The predicted molar refractivity (Wildman–Crippen MR) is 70.9 cm³/mol. The summed E-state index contributed by atoms with van der Waals surface area (Å²) >= 11 is 0. The van der Waals surface area contributed by atoms with Crippen LogP contribution >= 0.6 is 0 Å². The van der Waals surface area contributed by atoms with Gasteiger partial charge >= 0.3 is 5.97 Å². The standard InChI is InChI=1S/C12H17NO6S/c1-2-12(7-14,8-15)13-20(18,19)10-5-3-4-9(6-10)11(16)17/h3-6,13-15H,2,7-8H2,1H3,(H,16,17). The van der Waals surface area contributed by atoms with Gasteiger partial charge in [-0.15, -0.1) is 0 Å². The molecule has 1 aromatic rings. The number of rotatable bonds is 7. The average Bonchev–Trinajstić information content (AvgIpc) is 2.45. The van der Waals surface area contributed by atoms with Crippen molar-refractivity contribution in [3.05, 3.63) is 29.8 Å². The molecule has 0 aliphatic heterocycles. The molecule has 4 N–H and O–H groups in total. The van der Waals surface area contributed by atoms with Crippen LogP contribution in [0.25, 0.3) is 0 Å². The van der Waals surface area contributed by atoms with Crippen LogP contribution in [-0.4, -0.2) is 48.5 Å². The van der Waals surface area contributed by atoms with Crippen LogP contribution in [0.3, 0.4) is 0 Å². The van der Waals surface area contributed by atoms with Crippen LogP contribution in [0.15, 0.2) is 29.2 Å². The minimum absolute atomic E-state index is 0.164. The highest BCUT2D eigenvalue weighted by Crippen LogP contribution is 2.17. The Labute approximate surface area is 116 Å². The minimum atomic E-state index is -4.04. The van der Waals surface area contributed by atoms with Crippen LogP contribution in [0.1, 0.15) is 23.7 Å². The van der Waals surface area contributed by atoms with E-state index in [0.717, 1.165) is 6.07 Å². The summed E-state index contributed by atoms with van der Waals surface area (Å²) in [6, 6.07) is 4.83. The highest BCUT2D eigenvalue weighted by Gasteiger charge is 2.32. The third-order valence-electron chi connectivity index (χ3n) is 3.02. The van der Waals surface area contributed by atoms with Gasteiger partial charge in [-0.3, -0.25) is 0 Å². The molecule has 1 aromatic carbocycles. The van der Waals surface area contributed by atoms with Gasteiger partial charge in [0, 0.05) is 0 Å². The molecular weight excluding hydrogens is 286 g/mol. The molecule has 0 radical (unpaired) electrons. The summed E-state index contributed by atoms with van der Waals surface area (Å²) in [4.78, 5) is 10.6. The summed E-state index contributed by atoms with van der Waals surface area (Å²) < 4.78 is 26.6. The van der Waals surface area contributed by atoms with Crippen molar-refractivity contribution in [1.82, 2.24) is 4.72 Å². The lowest BCUT2D eigenvalue weighted by Gasteiger charge is -2.29. The molecule has 112 valence electrons. The number of aliphatic hydroxyl groups is 2. The van der Waals surface area contributed by atoms with Crippen molar-refractivity contribution in [1.29, 1.82) is 0 Å². The highest BCUT2D eigenvalue weighted by molar-refractivity contribution is 7.89. The summed E-state index contributed by atoms with van der Waals surface area (Å²) in [5.74, 6) is -1.24. The monoisotopic (exact) mass is 303 g/mol. The molecule has 0 bridgehead atoms. The number of aliphatic hydroxyl groups excluding tert-OH is 2. The van der Waals surface area contributed by atoms with Crippen molar-refractivity contribution in [3.8, 4) is 0 Å². The molecule has 0 fully saturated rings. The van der Waals surface area contributed by atoms with E-state index >= 15 is 0 Å². The maximum atomic E-state index is 12.2. The van der Waals surface area contributed by atoms with E-state index in [9.17, 15) is 23.4 Å². The zero-order valence-electron chi connectivity index (χ0n) is 10.9. The number of hydrogen-bond donors (Lipinski definition) is 4. The van der Waals surface area contributed by atoms with Gasteiger partial charge in [-0.2, -0.15) is 0 Å². The Bertz CT molecular complexity index is 571. The lowest BCUT2D eigenvalue weighted by molar-refractivity contribution is 0.0696. The fourth-order valence-electron chi connectivity index (χ4n) is 1.55. The number of carbonyl (C=O) groups is 1. The Balaban J connectivity index is 3.17. The summed E-state index contributed by atoms with van der Waals surface area (Å²) in [6.07, 6.45) is 0.178. The van der Waals surface area contributed by atoms with Crippen molar-refractivity contribution in [2.24, 2.45) is 0 Å². The fraction of sp³-hybridized carbons (Fsp3) is 0.417. The fourth-order valence-corrected chi connectivity index (χ4v) is 3.05. The average molecular weight is 303 g/mol. The molecule has 0 saturated carbocycles. The van der Waals surface area contributed by atoms with Crippen molar-refractivity contribution >= 4 is 16.0 Å². The third kappa shape index (κ3) is 3.54. The Kier molecular flexibility index (Phi) is 5.23. The van der Waals surface area contributed by atoms with E-state index in [1.807, 2.05) is 0 Å². The normalized spacial score (nSPS) is 12.3. The first-order valence-electron chi connectivity index (χ1n) is 5.89. The van der Waals surface area contributed by atoms with E-state index in [2.05, 4.69) is 4.72 Å². The Morgan fingerprint density at radius 2 is 1.90 bits per heavy atom. The van der Waals surface area contributed by atoms with Gasteiger partial charge in [0.25, 0.3) is 0 Å². The number of hydrogen-bond acceptors (Lipinski definition) is 5. The SMILES string of the molecule is CCC(CO)(CO)NS(=O)(=O)c1cccc(C(=O)O)c1. The zero-order valence-corrected chi connectivity index (χ0v) is 11.7. The number of carboxylic acids is 1. The predicted octanol–water partition coefficient (Wildman–Crippen LogP) is -0.204. The zero-order chi connectivity index (χ0) is 15.4. The first kappa shape index (κ1) is 16.6. The van der Waals surface area contributed by atoms with Crippen molar-refractivity contribution in [2.75, 3.05) is 13.2 Å². The van der Waals surface area contributed by atoms with Gasteiger partial charge in [0.1, 0.15) is 0 Å². The van der Waals surface area contributed by atoms with E-state index in [1.165, 1.54) is 18.2 Å². The van der Waals surface area contributed by atoms with Gasteiger partial charge in [-0.05, 0) is 24.6 Å². The molecule has 0 amide bonds. The highest BCUT2D eigenvalue weighted by atomic mass is 32.2. The molecule has 0 saturated heterocycles. The molecule has 1 rings (SSSR count). The van der Waals surface area contributed by atoms with Crippen LogP contribution in [0.4, 0.5) is 0 Å². The van der Waals surface area contributed by atoms with Gasteiger partial charge in [0.15, 0.2) is 0 Å². The number of nitrogens with one attached hydrogen (secondary N) is 1. The summed E-state index contributed by atoms with van der Waals surface area (Å²) in [6.45, 7) is 0.471. The van der Waals surface area contributed by atoms with Crippen molar-refractivity contribution < 1.29 is 28.5 Å². The lowest BCUT2D eigenvalue weighted by atomic mass is 10.0. The van der Waals surface area contributed by atoms with Gasteiger partial charge in [-0.25, -0.2) is 17.9 Å². The van der Waals surface area contributed by atoms with Crippen molar-refractivity contribution in [3.63, 3.8) is 0 Å². The molecule has 0 unspecified atom stereocenters. The number of sulfonamides is 1. The molecule has 0 aliphatic rings. The summed E-state index contributed by atoms with van der Waals surface area (Å²) in [7, 11) is -4.04.